The zero-order chi connectivity index (χ0) is 9.98. The predicted octanol–water partition coefficient (Wildman–Crippen LogP) is 1.63. The zero-order valence-corrected chi connectivity index (χ0v) is 9.17. The maximum Gasteiger partial charge on any atom is 0.694 e. The number of hydrogen-bond acceptors (Lipinski definition) is 3. The van der Waals surface area contributed by atoms with Gasteiger partial charge in [-0.3, -0.25) is 0 Å². The van der Waals surface area contributed by atoms with E-state index in [0.29, 0.717) is 0 Å². The van der Waals surface area contributed by atoms with E-state index in [0.717, 1.165) is 0 Å². The summed E-state index contributed by atoms with van der Waals surface area (Å²) in [4.78, 5) is 10.0. The Morgan fingerprint density at radius 1 is 1.25 bits per heavy atom. The first-order valence-electron chi connectivity index (χ1n) is 4.04. The fourth-order valence-electron chi connectivity index (χ4n) is 0.671. The Labute approximate surface area is 75.5 Å². The van der Waals surface area contributed by atoms with Crippen LogP contribution in [0.15, 0.2) is 0 Å². The Morgan fingerprint density at radius 2 is 1.50 bits per heavy atom. The van der Waals surface area contributed by atoms with Crippen LogP contribution in [0.5, 0.6) is 0 Å². The Bertz CT molecular complexity index is 101. The molecule has 5 heteroatoms. The second kappa shape index (κ2) is 11.0. The average molecular weight is 196 g/mol. The van der Waals surface area contributed by atoms with E-state index >= 15 is 0 Å². The summed E-state index contributed by atoms with van der Waals surface area (Å²) in [6.07, 6.45) is 0. The highest BCUT2D eigenvalue weighted by atomic mass is 31.1. The van der Waals surface area contributed by atoms with Crippen molar-refractivity contribution >= 4 is 8.25 Å². The van der Waals surface area contributed by atoms with Gasteiger partial charge in [-0.05, 0) is 19.6 Å². The molecule has 1 unspecified atom stereocenters. The summed E-state index contributed by atoms with van der Waals surface area (Å²) in [5, 5.41) is 0. The fraction of sp³-hybridized carbons (Fsp3) is 1.00. The van der Waals surface area contributed by atoms with Crippen LogP contribution in [0.4, 0.5) is 0 Å². The van der Waals surface area contributed by atoms with Crippen molar-refractivity contribution in [2.75, 3.05) is 26.7 Å². The molecule has 0 aromatic carbocycles. The lowest BCUT2D eigenvalue weighted by Gasteiger charge is -2.13. The molecule has 0 aromatic rings. The largest absolute Gasteiger partial charge is 0.694 e. The van der Waals surface area contributed by atoms with Crippen molar-refractivity contribution in [1.82, 2.24) is 4.90 Å². The topological polar surface area (TPSA) is 49.8 Å². The van der Waals surface area contributed by atoms with E-state index in [-0.39, 0.29) is 0 Å². The second-order valence-corrected chi connectivity index (χ2v) is 2.88. The van der Waals surface area contributed by atoms with Gasteiger partial charge in [-0.15, -0.1) is 9.42 Å². The first-order chi connectivity index (χ1) is 5.62. The van der Waals surface area contributed by atoms with E-state index < -0.39 is 8.25 Å². The van der Waals surface area contributed by atoms with E-state index in [1.54, 1.807) is 0 Å². The van der Waals surface area contributed by atoms with Crippen molar-refractivity contribution in [3.8, 4) is 0 Å². The van der Waals surface area contributed by atoms with Crippen molar-refractivity contribution in [2.45, 2.75) is 20.8 Å². The molecule has 0 radical (unpaired) electrons. The van der Waals surface area contributed by atoms with Crippen LogP contribution in [0.1, 0.15) is 20.8 Å². The van der Waals surface area contributed by atoms with Gasteiger partial charge in [0.25, 0.3) is 0 Å². The van der Waals surface area contributed by atoms with Crippen LogP contribution >= 0.6 is 8.25 Å². The Hall–Kier alpha value is -0.0200. The van der Waals surface area contributed by atoms with Gasteiger partial charge in [0.05, 0.1) is 7.11 Å². The van der Waals surface area contributed by atoms with E-state index in [4.69, 9.17) is 4.89 Å². The molecule has 0 aliphatic heterocycles. The third-order valence-corrected chi connectivity index (χ3v) is 1.81. The van der Waals surface area contributed by atoms with Gasteiger partial charge in [-0.1, -0.05) is 20.8 Å². The summed E-state index contributed by atoms with van der Waals surface area (Å²) in [6.45, 7) is 10.1. The molecule has 0 saturated carbocycles. The molecule has 0 spiro atoms. The SMILES string of the molecule is CCN(CC)CC.CO[P+](=O)O. The maximum absolute atomic E-state index is 9.29. The molecule has 12 heavy (non-hydrogen) atoms. The second-order valence-electron chi connectivity index (χ2n) is 2.04. The van der Waals surface area contributed by atoms with Crippen LogP contribution in [-0.2, 0) is 9.09 Å². The van der Waals surface area contributed by atoms with E-state index in [1.165, 1.54) is 26.7 Å². The van der Waals surface area contributed by atoms with Gasteiger partial charge in [0, 0.05) is 4.57 Å². The molecule has 0 rings (SSSR count). The van der Waals surface area contributed by atoms with Crippen molar-refractivity contribution in [1.29, 1.82) is 0 Å². The van der Waals surface area contributed by atoms with Gasteiger partial charge in [0.15, 0.2) is 0 Å². The first kappa shape index (κ1) is 14.5. The molecule has 1 atom stereocenters. The molecule has 0 saturated heterocycles. The van der Waals surface area contributed by atoms with Gasteiger partial charge in [-0.25, -0.2) is 0 Å². The monoisotopic (exact) mass is 196 g/mol. The highest BCUT2D eigenvalue weighted by Crippen LogP contribution is 2.09. The molecule has 0 amide bonds. The van der Waals surface area contributed by atoms with Gasteiger partial charge < -0.3 is 4.90 Å². The van der Waals surface area contributed by atoms with Crippen molar-refractivity contribution in [3.05, 3.63) is 0 Å². The van der Waals surface area contributed by atoms with Crippen LogP contribution in [0.2, 0.25) is 0 Å². The molecule has 74 valence electrons. The zero-order valence-electron chi connectivity index (χ0n) is 8.28. The van der Waals surface area contributed by atoms with Gasteiger partial charge in [-0.2, -0.15) is 0 Å². The van der Waals surface area contributed by atoms with E-state index in [9.17, 15) is 4.57 Å². The number of hydrogen-bond donors (Lipinski definition) is 1. The minimum Gasteiger partial charge on any atom is -0.304 e. The van der Waals surface area contributed by atoms with Crippen molar-refractivity contribution in [2.24, 2.45) is 0 Å². The molecule has 4 nitrogen and oxygen atoms in total. The van der Waals surface area contributed by atoms with Gasteiger partial charge in [0.2, 0.25) is 0 Å². The molecule has 0 heterocycles. The Kier molecular flexibility index (Phi) is 13.3. The molecular formula is C7H19NO3P+. The van der Waals surface area contributed by atoms with Crippen LogP contribution in [0.25, 0.3) is 0 Å². The highest BCUT2D eigenvalue weighted by Gasteiger charge is 2.02. The van der Waals surface area contributed by atoms with E-state index in [2.05, 4.69) is 30.2 Å². The molecule has 0 aromatic heterocycles. The summed E-state index contributed by atoms with van der Waals surface area (Å²) in [7, 11) is -1.18. The smallest absolute Gasteiger partial charge is 0.304 e. The number of rotatable bonds is 4. The van der Waals surface area contributed by atoms with Crippen LogP contribution < -0.4 is 0 Å². The van der Waals surface area contributed by atoms with E-state index in [1.807, 2.05) is 0 Å². The van der Waals surface area contributed by atoms with Gasteiger partial charge >= 0.3 is 8.25 Å². The predicted molar refractivity (Wildman–Crippen MR) is 50.3 cm³/mol. The van der Waals surface area contributed by atoms with Crippen LogP contribution in [-0.4, -0.2) is 36.5 Å². The molecule has 0 aliphatic carbocycles. The summed E-state index contributed by atoms with van der Waals surface area (Å²) in [5.74, 6) is 0. The molecular weight excluding hydrogens is 177 g/mol. The molecule has 0 fully saturated rings. The lowest BCUT2D eigenvalue weighted by molar-refractivity contribution is 0.321. The van der Waals surface area contributed by atoms with Crippen LogP contribution in [0.3, 0.4) is 0 Å². The molecule has 0 aliphatic rings. The summed E-state index contributed by atoms with van der Waals surface area (Å²) < 4.78 is 13.1. The highest BCUT2D eigenvalue weighted by molar-refractivity contribution is 7.32. The number of nitrogens with zero attached hydrogens (tertiary/aromatic N) is 1. The van der Waals surface area contributed by atoms with Crippen LogP contribution in [0, 0.1) is 0 Å². The van der Waals surface area contributed by atoms with Gasteiger partial charge in [0.1, 0.15) is 0 Å². The normalized spacial score (nSPS) is 10.7. The Balaban J connectivity index is 0. The molecule has 0 bridgehead atoms. The summed E-state index contributed by atoms with van der Waals surface area (Å²) in [5.41, 5.74) is 0. The standard InChI is InChI=1S/C6H15N.CH3O3P/c1-4-7(5-2)6-3;1-4-5(2)3/h4-6H2,1-3H3;1H3/p+1. The average Bonchev–Trinajstić information content (AvgIpc) is 2.09. The molecule has 1 N–H and O–H groups in total. The van der Waals surface area contributed by atoms with Crippen molar-refractivity contribution < 1.29 is 14.0 Å². The van der Waals surface area contributed by atoms with Crippen molar-refractivity contribution in [3.63, 3.8) is 0 Å². The quantitative estimate of drug-likeness (QED) is 0.694. The fourth-order valence-corrected chi connectivity index (χ4v) is 0.671. The first-order valence-corrected chi connectivity index (χ1v) is 5.17. The summed E-state index contributed by atoms with van der Waals surface area (Å²) in [6, 6.07) is 0. The third-order valence-electron chi connectivity index (χ3n) is 1.50. The maximum atomic E-state index is 9.29. The third kappa shape index (κ3) is 12.6. The summed E-state index contributed by atoms with van der Waals surface area (Å²) >= 11 is 0. The minimum absolute atomic E-state index is 1.17. The lowest BCUT2D eigenvalue weighted by Crippen LogP contribution is -2.21. The minimum atomic E-state index is -2.35. The lowest BCUT2D eigenvalue weighted by atomic mass is 10.5. The Morgan fingerprint density at radius 3 is 1.50 bits per heavy atom.